The normalized spacial score (nSPS) is 16.4. The molecule has 1 fully saturated rings. The molecular formula is C7H6BrNO3. The Labute approximate surface area is 76.7 Å². The summed E-state index contributed by atoms with van der Waals surface area (Å²) in [4.78, 5) is 10.6. The Morgan fingerprint density at radius 3 is 2.83 bits per heavy atom. The number of aromatic carboxylic acids is 1. The highest BCUT2D eigenvalue weighted by molar-refractivity contribution is 9.10. The molecular weight excluding hydrogens is 226 g/mol. The Hall–Kier alpha value is -0.840. The lowest BCUT2D eigenvalue weighted by molar-refractivity contribution is 0.0650. The van der Waals surface area contributed by atoms with Crippen molar-refractivity contribution >= 4 is 21.9 Å². The van der Waals surface area contributed by atoms with Crippen molar-refractivity contribution in [3.8, 4) is 0 Å². The molecule has 1 aromatic heterocycles. The second kappa shape index (κ2) is 2.58. The van der Waals surface area contributed by atoms with Crippen molar-refractivity contribution in [1.82, 2.24) is 5.16 Å². The van der Waals surface area contributed by atoms with Crippen LogP contribution in [0.1, 0.15) is 34.9 Å². The molecule has 64 valence electrons. The van der Waals surface area contributed by atoms with Crippen LogP contribution in [0.3, 0.4) is 0 Å². The molecule has 0 unspecified atom stereocenters. The first-order valence-corrected chi connectivity index (χ1v) is 4.38. The Balaban J connectivity index is 2.46. The van der Waals surface area contributed by atoms with Gasteiger partial charge in [0.1, 0.15) is 0 Å². The molecule has 0 atom stereocenters. The lowest BCUT2D eigenvalue weighted by atomic mass is 10.2. The first-order chi connectivity index (χ1) is 5.70. The van der Waals surface area contributed by atoms with Gasteiger partial charge in [-0.2, -0.15) is 0 Å². The van der Waals surface area contributed by atoms with Crippen LogP contribution in [0.5, 0.6) is 0 Å². The SMILES string of the molecule is O=C(O)c1onc(Br)c1C1CC1. The number of aromatic nitrogens is 1. The van der Waals surface area contributed by atoms with Gasteiger partial charge >= 0.3 is 5.97 Å². The van der Waals surface area contributed by atoms with Gasteiger partial charge in [-0.3, -0.25) is 0 Å². The number of hydrogen-bond acceptors (Lipinski definition) is 3. The molecule has 1 aromatic rings. The van der Waals surface area contributed by atoms with Crippen molar-refractivity contribution < 1.29 is 14.4 Å². The van der Waals surface area contributed by atoms with E-state index in [1.165, 1.54) is 0 Å². The lowest BCUT2D eigenvalue weighted by Crippen LogP contribution is -1.97. The van der Waals surface area contributed by atoms with Crippen molar-refractivity contribution in [2.45, 2.75) is 18.8 Å². The van der Waals surface area contributed by atoms with Gasteiger partial charge in [0, 0.05) is 5.56 Å². The van der Waals surface area contributed by atoms with Gasteiger partial charge in [0.2, 0.25) is 5.76 Å². The van der Waals surface area contributed by atoms with E-state index in [4.69, 9.17) is 5.11 Å². The maximum absolute atomic E-state index is 10.6. The van der Waals surface area contributed by atoms with E-state index in [-0.39, 0.29) is 5.76 Å². The molecule has 1 saturated carbocycles. The van der Waals surface area contributed by atoms with E-state index >= 15 is 0 Å². The number of halogens is 1. The smallest absolute Gasteiger partial charge is 0.375 e. The Morgan fingerprint density at radius 2 is 2.33 bits per heavy atom. The molecule has 0 saturated heterocycles. The third-order valence-electron chi connectivity index (χ3n) is 1.86. The zero-order valence-corrected chi connectivity index (χ0v) is 7.67. The van der Waals surface area contributed by atoms with Crippen molar-refractivity contribution in [3.05, 3.63) is 15.9 Å². The minimum Gasteiger partial charge on any atom is -0.475 e. The summed E-state index contributed by atoms with van der Waals surface area (Å²) in [5.41, 5.74) is 0.711. The summed E-state index contributed by atoms with van der Waals surface area (Å²) in [6.07, 6.45) is 2.06. The number of rotatable bonds is 2. The first kappa shape index (κ1) is 7.79. The van der Waals surface area contributed by atoms with E-state index in [1.54, 1.807) is 0 Å². The molecule has 0 radical (unpaired) electrons. The van der Waals surface area contributed by atoms with Crippen LogP contribution < -0.4 is 0 Å². The third-order valence-corrected chi connectivity index (χ3v) is 2.44. The Bertz CT molecular complexity index is 329. The predicted octanol–water partition coefficient (Wildman–Crippen LogP) is 2.01. The molecule has 1 aliphatic carbocycles. The number of hydrogen-bond donors (Lipinski definition) is 1. The van der Waals surface area contributed by atoms with Crippen molar-refractivity contribution in [2.24, 2.45) is 0 Å². The van der Waals surface area contributed by atoms with Gasteiger partial charge in [0.05, 0.1) is 0 Å². The van der Waals surface area contributed by atoms with Gasteiger partial charge in [0.15, 0.2) is 4.60 Å². The van der Waals surface area contributed by atoms with Crippen molar-refractivity contribution in [1.29, 1.82) is 0 Å². The summed E-state index contributed by atoms with van der Waals surface area (Å²) >= 11 is 3.16. The molecule has 1 N–H and O–H groups in total. The van der Waals surface area contributed by atoms with E-state index in [0.29, 0.717) is 16.1 Å². The largest absolute Gasteiger partial charge is 0.475 e. The minimum absolute atomic E-state index is 0.0237. The van der Waals surface area contributed by atoms with Gasteiger partial charge in [-0.25, -0.2) is 4.79 Å². The zero-order valence-electron chi connectivity index (χ0n) is 6.08. The van der Waals surface area contributed by atoms with Gasteiger partial charge in [-0.1, -0.05) is 5.16 Å². The molecule has 4 nitrogen and oxygen atoms in total. The van der Waals surface area contributed by atoms with E-state index in [0.717, 1.165) is 12.8 Å². The standard InChI is InChI=1S/C7H6BrNO3/c8-6-4(3-1-2-3)5(7(10)11)12-9-6/h3H,1-2H2,(H,10,11). The van der Waals surface area contributed by atoms with E-state index < -0.39 is 5.97 Å². The summed E-state index contributed by atoms with van der Waals surface area (Å²) in [5.74, 6) is -0.740. The monoisotopic (exact) mass is 231 g/mol. The molecule has 12 heavy (non-hydrogen) atoms. The molecule has 1 heterocycles. The van der Waals surface area contributed by atoms with Crippen LogP contribution in [0.15, 0.2) is 9.13 Å². The fourth-order valence-electron chi connectivity index (χ4n) is 1.16. The zero-order chi connectivity index (χ0) is 8.72. The second-order valence-electron chi connectivity index (χ2n) is 2.80. The van der Waals surface area contributed by atoms with Gasteiger partial charge in [-0.05, 0) is 34.7 Å². The number of carboxylic acids is 1. The first-order valence-electron chi connectivity index (χ1n) is 3.58. The number of carboxylic acid groups (broad SMARTS) is 1. The maximum atomic E-state index is 10.6. The van der Waals surface area contributed by atoms with Crippen molar-refractivity contribution in [3.63, 3.8) is 0 Å². The van der Waals surface area contributed by atoms with Crippen LogP contribution in [-0.2, 0) is 0 Å². The van der Waals surface area contributed by atoms with E-state index in [1.807, 2.05) is 0 Å². The lowest BCUT2D eigenvalue weighted by Gasteiger charge is -1.91. The number of carbonyl (C=O) groups is 1. The summed E-state index contributed by atoms with van der Waals surface area (Å²) in [7, 11) is 0. The van der Waals surface area contributed by atoms with E-state index in [2.05, 4.69) is 25.6 Å². The summed E-state index contributed by atoms with van der Waals surface area (Å²) < 4.78 is 5.19. The Kier molecular flexibility index (Phi) is 1.68. The molecule has 0 bridgehead atoms. The quantitative estimate of drug-likeness (QED) is 0.846. The minimum atomic E-state index is -1.05. The Morgan fingerprint density at radius 1 is 1.67 bits per heavy atom. The van der Waals surface area contributed by atoms with E-state index in [9.17, 15) is 4.79 Å². The second-order valence-corrected chi connectivity index (χ2v) is 3.55. The molecule has 1 aliphatic rings. The van der Waals surface area contributed by atoms with Crippen LogP contribution in [0.25, 0.3) is 0 Å². The maximum Gasteiger partial charge on any atom is 0.375 e. The molecule has 0 amide bonds. The van der Waals surface area contributed by atoms with Crippen LogP contribution in [0.4, 0.5) is 0 Å². The highest BCUT2D eigenvalue weighted by atomic mass is 79.9. The molecule has 5 heteroatoms. The molecule has 0 aromatic carbocycles. The third kappa shape index (κ3) is 1.14. The summed E-state index contributed by atoms with van der Waals surface area (Å²) in [6.45, 7) is 0. The predicted molar refractivity (Wildman–Crippen MR) is 43.1 cm³/mol. The number of nitrogens with zero attached hydrogens (tertiary/aromatic N) is 1. The highest BCUT2D eigenvalue weighted by Crippen LogP contribution is 2.44. The van der Waals surface area contributed by atoms with Crippen LogP contribution in [0.2, 0.25) is 0 Å². The topological polar surface area (TPSA) is 63.3 Å². The van der Waals surface area contributed by atoms with Gasteiger partial charge < -0.3 is 9.63 Å². The van der Waals surface area contributed by atoms with Gasteiger partial charge in [0.25, 0.3) is 0 Å². The average molecular weight is 232 g/mol. The van der Waals surface area contributed by atoms with Crippen LogP contribution in [-0.4, -0.2) is 16.2 Å². The molecule has 0 aliphatic heterocycles. The summed E-state index contributed by atoms with van der Waals surface area (Å²) in [5, 5.41) is 12.3. The molecule has 0 spiro atoms. The average Bonchev–Trinajstić information content (AvgIpc) is 2.75. The fraction of sp³-hybridized carbons (Fsp3) is 0.429. The molecule has 2 rings (SSSR count). The fourth-order valence-corrected chi connectivity index (χ4v) is 1.73. The summed E-state index contributed by atoms with van der Waals surface area (Å²) in [6, 6.07) is 0. The van der Waals surface area contributed by atoms with Crippen LogP contribution in [0, 0.1) is 0 Å². The van der Waals surface area contributed by atoms with Crippen molar-refractivity contribution in [2.75, 3.05) is 0 Å². The highest BCUT2D eigenvalue weighted by Gasteiger charge is 2.34. The van der Waals surface area contributed by atoms with Crippen LogP contribution >= 0.6 is 15.9 Å². The van der Waals surface area contributed by atoms with Gasteiger partial charge in [-0.15, -0.1) is 0 Å².